The lowest BCUT2D eigenvalue weighted by Gasteiger charge is -2.30. The molecule has 92 valence electrons. The van der Waals surface area contributed by atoms with Crippen molar-refractivity contribution in [3.8, 4) is 0 Å². The average molecular weight is 237 g/mol. The largest absolute Gasteiger partial charge is 0.313 e. The fourth-order valence-electron chi connectivity index (χ4n) is 2.43. The Kier molecular flexibility index (Phi) is 3.93. The van der Waals surface area contributed by atoms with E-state index in [1.807, 2.05) is 12.1 Å². The molecule has 1 nitrogen and oxygen atoms in total. The third kappa shape index (κ3) is 2.51. The quantitative estimate of drug-likeness (QED) is 0.744. The second kappa shape index (κ2) is 5.63. The summed E-state index contributed by atoms with van der Waals surface area (Å²) in [4.78, 5) is 0. The lowest BCUT2D eigenvalue weighted by atomic mass is 9.73. The molecule has 0 unspecified atom stereocenters. The van der Waals surface area contributed by atoms with Crippen LogP contribution in [-0.4, -0.2) is 6.21 Å². The zero-order valence-corrected chi connectivity index (χ0v) is 10.8. The Bertz CT molecular complexity index is 448. The van der Waals surface area contributed by atoms with Crippen LogP contribution in [0.25, 0.3) is 0 Å². The summed E-state index contributed by atoms with van der Waals surface area (Å²) < 4.78 is 0. The minimum Gasteiger partial charge on any atom is -0.313 e. The number of hydrogen-bond acceptors (Lipinski definition) is 1. The number of nitrogens with one attached hydrogen (secondary N) is 1. The van der Waals surface area contributed by atoms with Crippen LogP contribution in [-0.2, 0) is 5.41 Å². The molecule has 0 aliphatic carbocycles. The molecule has 0 heterocycles. The molecule has 1 heteroatoms. The highest BCUT2D eigenvalue weighted by Gasteiger charge is 2.27. The maximum absolute atomic E-state index is 7.28. The molecule has 0 bridgehead atoms. The Morgan fingerprint density at radius 3 is 1.72 bits per heavy atom. The molecule has 1 N–H and O–H groups in total. The topological polar surface area (TPSA) is 23.9 Å². The molecule has 0 aromatic heterocycles. The van der Waals surface area contributed by atoms with Crippen molar-refractivity contribution in [1.29, 1.82) is 5.41 Å². The van der Waals surface area contributed by atoms with Crippen LogP contribution in [0.2, 0.25) is 0 Å². The summed E-state index contributed by atoms with van der Waals surface area (Å²) in [5.41, 5.74) is 2.62. The monoisotopic (exact) mass is 237 g/mol. The van der Waals surface area contributed by atoms with Crippen molar-refractivity contribution in [2.75, 3.05) is 0 Å². The standard InChI is InChI=1S/C17H19N/c1-17(13-8-14-18,15-9-4-2-5-10-15)16-11-6-3-7-12-16/h2-7,9-12,14,18H,8,13H2,1H3. The van der Waals surface area contributed by atoms with Gasteiger partial charge in [-0.2, -0.15) is 0 Å². The van der Waals surface area contributed by atoms with Gasteiger partial charge in [-0.1, -0.05) is 67.6 Å². The fourth-order valence-corrected chi connectivity index (χ4v) is 2.43. The van der Waals surface area contributed by atoms with E-state index in [2.05, 4.69) is 55.5 Å². The summed E-state index contributed by atoms with van der Waals surface area (Å²) in [7, 11) is 0. The summed E-state index contributed by atoms with van der Waals surface area (Å²) >= 11 is 0. The van der Waals surface area contributed by atoms with Crippen LogP contribution in [0, 0.1) is 5.41 Å². The Hall–Kier alpha value is -1.89. The SMILES string of the molecule is CC(CCC=N)(c1ccccc1)c1ccccc1. The van der Waals surface area contributed by atoms with Crippen molar-refractivity contribution >= 4 is 6.21 Å². The summed E-state index contributed by atoms with van der Waals surface area (Å²) in [6.45, 7) is 2.27. The fraction of sp³-hybridized carbons (Fsp3) is 0.235. The van der Waals surface area contributed by atoms with Crippen LogP contribution >= 0.6 is 0 Å². The molecule has 0 saturated heterocycles. The Morgan fingerprint density at radius 1 is 0.889 bits per heavy atom. The van der Waals surface area contributed by atoms with E-state index in [0.29, 0.717) is 0 Å². The van der Waals surface area contributed by atoms with Crippen LogP contribution in [0.3, 0.4) is 0 Å². The Morgan fingerprint density at radius 2 is 1.33 bits per heavy atom. The highest BCUT2D eigenvalue weighted by Crippen LogP contribution is 2.35. The molecule has 0 saturated carbocycles. The molecule has 18 heavy (non-hydrogen) atoms. The molecule has 2 rings (SSSR count). The maximum atomic E-state index is 7.28. The van der Waals surface area contributed by atoms with Gasteiger partial charge in [0.05, 0.1) is 0 Å². The van der Waals surface area contributed by atoms with Gasteiger partial charge in [-0.25, -0.2) is 0 Å². The third-order valence-electron chi connectivity index (χ3n) is 3.61. The van der Waals surface area contributed by atoms with E-state index in [9.17, 15) is 0 Å². The van der Waals surface area contributed by atoms with E-state index >= 15 is 0 Å². The molecule has 0 amide bonds. The zero-order chi connectivity index (χ0) is 12.8. The number of rotatable bonds is 5. The number of hydrogen-bond donors (Lipinski definition) is 1. The summed E-state index contributed by atoms with van der Waals surface area (Å²) in [5, 5.41) is 7.28. The highest BCUT2D eigenvalue weighted by molar-refractivity contribution is 5.54. The summed E-state index contributed by atoms with van der Waals surface area (Å²) in [6.07, 6.45) is 3.27. The van der Waals surface area contributed by atoms with Crippen molar-refractivity contribution in [3.63, 3.8) is 0 Å². The van der Waals surface area contributed by atoms with Gasteiger partial charge in [-0.15, -0.1) is 0 Å². The first kappa shape index (κ1) is 12.6. The van der Waals surface area contributed by atoms with Gasteiger partial charge in [0, 0.05) is 5.41 Å². The van der Waals surface area contributed by atoms with Crippen molar-refractivity contribution < 1.29 is 0 Å². The Balaban J connectivity index is 2.44. The van der Waals surface area contributed by atoms with E-state index in [1.54, 1.807) is 0 Å². The summed E-state index contributed by atoms with van der Waals surface area (Å²) in [5.74, 6) is 0. The lowest BCUT2D eigenvalue weighted by Crippen LogP contribution is -2.23. The predicted molar refractivity (Wildman–Crippen MR) is 77.4 cm³/mol. The van der Waals surface area contributed by atoms with Crippen molar-refractivity contribution in [2.24, 2.45) is 0 Å². The van der Waals surface area contributed by atoms with Crippen LogP contribution in [0.15, 0.2) is 60.7 Å². The minimum absolute atomic E-state index is 0.0138. The van der Waals surface area contributed by atoms with Gasteiger partial charge in [0.15, 0.2) is 0 Å². The first-order chi connectivity index (χ1) is 8.77. The Labute approximate surface area is 109 Å². The van der Waals surface area contributed by atoms with Crippen molar-refractivity contribution in [2.45, 2.75) is 25.2 Å². The predicted octanol–water partition coefficient (Wildman–Crippen LogP) is 4.42. The van der Waals surface area contributed by atoms with Crippen LogP contribution < -0.4 is 0 Å². The molecule has 0 aliphatic rings. The third-order valence-corrected chi connectivity index (χ3v) is 3.61. The van der Waals surface area contributed by atoms with Gasteiger partial charge in [-0.3, -0.25) is 0 Å². The molecule has 0 spiro atoms. The normalized spacial score (nSPS) is 11.2. The van der Waals surface area contributed by atoms with E-state index < -0.39 is 0 Å². The van der Waals surface area contributed by atoms with Crippen LogP contribution in [0.5, 0.6) is 0 Å². The van der Waals surface area contributed by atoms with Gasteiger partial charge >= 0.3 is 0 Å². The smallest absolute Gasteiger partial charge is 0.0178 e. The van der Waals surface area contributed by atoms with E-state index in [0.717, 1.165) is 12.8 Å². The molecule has 0 atom stereocenters. The summed E-state index contributed by atoms with van der Waals surface area (Å²) in [6, 6.07) is 21.1. The molecule has 0 fully saturated rings. The van der Waals surface area contributed by atoms with Gasteiger partial charge in [0.25, 0.3) is 0 Å². The molecule has 0 radical (unpaired) electrons. The molecule has 2 aromatic carbocycles. The van der Waals surface area contributed by atoms with Crippen LogP contribution in [0.1, 0.15) is 30.9 Å². The number of benzene rings is 2. The average Bonchev–Trinajstić information content (AvgIpc) is 2.46. The van der Waals surface area contributed by atoms with Crippen molar-refractivity contribution in [3.05, 3.63) is 71.8 Å². The van der Waals surface area contributed by atoms with Gasteiger partial charge in [0.2, 0.25) is 0 Å². The zero-order valence-electron chi connectivity index (χ0n) is 10.8. The van der Waals surface area contributed by atoms with E-state index in [1.165, 1.54) is 17.3 Å². The van der Waals surface area contributed by atoms with Gasteiger partial charge < -0.3 is 5.41 Å². The first-order valence-corrected chi connectivity index (χ1v) is 6.37. The van der Waals surface area contributed by atoms with Crippen LogP contribution in [0.4, 0.5) is 0 Å². The minimum atomic E-state index is -0.0138. The highest BCUT2D eigenvalue weighted by atomic mass is 14.3. The molecular weight excluding hydrogens is 218 g/mol. The van der Waals surface area contributed by atoms with Gasteiger partial charge in [0.1, 0.15) is 0 Å². The molecular formula is C17H19N. The lowest BCUT2D eigenvalue weighted by molar-refractivity contribution is 0.534. The molecule has 2 aromatic rings. The maximum Gasteiger partial charge on any atom is 0.0178 e. The first-order valence-electron chi connectivity index (χ1n) is 6.37. The second-order valence-corrected chi connectivity index (χ2v) is 4.81. The van der Waals surface area contributed by atoms with Crippen molar-refractivity contribution in [1.82, 2.24) is 0 Å². The molecule has 0 aliphatic heterocycles. The van der Waals surface area contributed by atoms with E-state index in [-0.39, 0.29) is 5.41 Å². The second-order valence-electron chi connectivity index (χ2n) is 4.81. The van der Waals surface area contributed by atoms with E-state index in [4.69, 9.17) is 5.41 Å². The van der Waals surface area contributed by atoms with Gasteiger partial charge in [-0.05, 0) is 30.2 Å².